The van der Waals surface area contributed by atoms with Crippen LogP contribution in [0.1, 0.15) is 18.4 Å². The summed E-state index contributed by atoms with van der Waals surface area (Å²) in [5, 5.41) is 22.2. The van der Waals surface area contributed by atoms with Crippen LogP contribution in [0.3, 0.4) is 0 Å². The Morgan fingerprint density at radius 1 is 1.42 bits per heavy atom. The van der Waals surface area contributed by atoms with E-state index in [4.69, 9.17) is 4.74 Å². The van der Waals surface area contributed by atoms with Gasteiger partial charge >= 0.3 is 0 Å². The molecule has 19 heavy (non-hydrogen) atoms. The predicted molar refractivity (Wildman–Crippen MR) is 74.3 cm³/mol. The van der Waals surface area contributed by atoms with E-state index in [1.54, 1.807) is 0 Å². The first-order chi connectivity index (χ1) is 9.13. The molecule has 4 heteroatoms. The van der Waals surface area contributed by atoms with E-state index in [9.17, 15) is 10.2 Å². The molecule has 0 aliphatic heterocycles. The number of aliphatic hydroxyl groups is 2. The maximum Gasteiger partial charge on any atom is 0.119 e. The van der Waals surface area contributed by atoms with Gasteiger partial charge in [0.15, 0.2) is 0 Å². The molecule has 0 aromatic heterocycles. The number of hydrogen-bond donors (Lipinski definition) is 3. The Kier molecular flexibility index (Phi) is 4.80. The van der Waals surface area contributed by atoms with Crippen molar-refractivity contribution in [1.29, 1.82) is 0 Å². The fourth-order valence-electron chi connectivity index (χ4n) is 2.03. The second-order valence-electron chi connectivity index (χ2n) is 5.57. The summed E-state index contributed by atoms with van der Waals surface area (Å²) in [6.07, 6.45) is 1.62. The topological polar surface area (TPSA) is 61.7 Å². The number of benzene rings is 1. The van der Waals surface area contributed by atoms with Gasteiger partial charge in [0.1, 0.15) is 18.5 Å². The number of hydrogen-bond acceptors (Lipinski definition) is 4. The normalized spacial score (nSPS) is 18.1. The zero-order valence-electron chi connectivity index (χ0n) is 11.4. The number of aliphatic hydroxyl groups excluding tert-OH is 2. The zero-order valence-corrected chi connectivity index (χ0v) is 11.4. The van der Waals surface area contributed by atoms with Crippen LogP contribution in [0.4, 0.5) is 0 Å². The van der Waals surface area contributed by atoms with Crippen LogP contribution in [0.5, 0.6) is 5.75 Å². The van der Waals surface area contributed by atoms with Crippen molar-refractivity contribution in [2.24, 2.45) is 5.41 Å². The van der Waals surface area contributed by atoms with Crippen LogP contribution in [0.15, 0.2) is 24.3 Å². The summed E-state index contributed by atoms with van der Waals surface area (Å²) in [6.45, 7) is 3.78. The van der Waals surface area contributed by atoms with Crippen molar-refractivity contribution in [2.75, 3.05) is 26.3 Å². The molecule has 0 heterocycles. The third kappa shape index (κ3) is 4.49. The molecule has 1 aliphatic rings. The molecule has 4 nitrogen and oxygen atoms in total. The molecule has 1 unspecified atom stereocenters. The van der Waals surface area contributed by atoms with Crippen LogP contribution in [0.2, 0.25) is 0 Å². The summed E-state index contributed by atoms with van der Waals surface area (Å²) in [4.78, 5) is 0. The second kappa shape index (κ2) is 6.37. The SMILES string of the molecule is Cc1cccc(OCC(O)CNCC2(CO)CC2)c1. The molecule has 1 atom stereocenters. The molecule has 0 amide bonds. The Hall–Kier alpha value is -1.10. The molecule has 2 rings (SSSR count). The van der Waals surface area contributed by atoms with Gasteiger partial charge in [-0.2, -0.15) is 0 Å². The molecule has 0 saturated heterocycles. The van der Waals surface area contributed by atoms with Crippen molar-refractivity contribution >= 4 is 0 Å². The van der Waals surface area contributed by atoms with E-state index < -0.39 is 6.10 Å². The summed E-state index contributed by atoms with van der Waals surface area (Å²) in [7, 11) is 0. The maximum atomic E-state index is 9.82. The van der Waals surface area contributed by atoms with Gasteiger partial charge in [-0.3, -0.25) is 0 Å². The average molecular weight is 265 g/mol. The molecule has 1 saturated carbocycles. The Bertz CT molecular complexity index is 404. The van der Waals surface area contributed by atoms with Gasteiger partial charge in [-0.15, -0.1) is 0 Å². The Balaban J connectivity index is 1.63. The number of ether oxygens (including phenoxy) is 1. The highest BCUT2D eigenvalue weighted by Crippen LogP contribution is 2.44. The van der Waals surface area contributed by atoms with Gasteiger partial charge < -0.3 is 20.3 Å². The molecular weight excluding hydrogens is 242 g/mol. The highest BCUT2D eigenvalue weighted by Gasteiger charge is 2.41. The lowest BCUT2D eigenvalue weighted by Gasteiger charge is -2.16. The van der Waals surface area contributed by atoms with Gasteiger partial charge in [0.25, 0.3) is 0 Å². The highest BCUT2D eigenvalue weighted by atomic mass is 16.5. The standard InChI is InChI=1S/C15H23NO3/c1-12-3-2-4-14(7-12)19-9-13(18)8-16-10-15(11-17)5-6-15/h2-4,7,13,16-18H,5-6,8-11H2,1H3. The first kappa shape index (κ1) is 14.3. The Morgan fingerprint density at radius 2 is 2.21 bits per heavy atom. The maximum absolute atomic E-state index is 9.82. The molecular formula is C15H23NO3. The molecule has 1 aromatic carbocycles. The molecule has 0 bridgehead atoms. The van der Waals surface area contributed by atoms with Gasteiger partial charge in [0, 0.05) is 25.1 Å². The van der Waals surface area contributed by atoms with Gasteiger partial charge in [0.05, 0.1) is 0 Å². The smallest absolute Gasteiger partial charge is 0.119 e. The van der Waals surface area contributed by atoms with Gasteiger partial charge in [0.2, 0.25) is 0 Å². The first-order valence-corrected chi connectivity index (χ1v) is 6.83. The van der Waals surface area contributed by atoms with Crippen molar-refractivity contribution in [1.82, 2.24) is 5.32 Å². The molecule has 1 fully saturated rings. The summed E-state index contributed by atoms with van der Waals surface area (Å²) >= 11 is 0. The lowest BCUT2D eigenvalue weighted by molar-refractivity contribution is 0.103. The molecule has 1 aromatic rings. The van der Waals surface area contributed by atoms with Gasteiger partial charge in [-0.1, -0.05) is 12.1 Å². The van der Waals surface area contributed by atoms with Crippen LogP contribution in [-0.2, 0) is 0 Å². The number of nitrogens with one attached hydrogen (secondary N) is 1. The van der Waals surface area contributed by atoms with Gasteiger partial charge in [-0.05, 0) is 37.5 Å². The molecule has 106 valence electrons. The Morgan fingerprint density at radius 3 is 2.84 bits per heavy atom. The van der Waals surface area contributed by atoms with Gasteiger partial charge in [-0.25, -0.2) is 0 Å². The second-order valence-corrected chi connectivity index (χ2v) is 5.57. The van der Waals surface area contributed by atoms with E-state index in [-0.39, 0.29) is 18.6 Å². The van der Waals surface area contributed by atoms with E-state index in [0.29, 0.717) is 6.54 Å². The summed E-state index contributed by atoms with van der Waals surface area (Å²) in [5.74, 6) is 0.785. The summed E-state index contributed by atoms with van der Waals surface area (Å²) < 4.78 is 5.53. The third-order valence-electron chi connectivity index (χ3n) is 3.60. The highest BCUT2D eigenvalue weighted by molar-refractivity contribution is 5.27. The number of rotatable bonds is 8. The number of aryl methyl sites for hydroxylation is 1. The first-order valence-electron chi connectivity index (χ1n) is 6.83. The zero-order chi connectivity index (χ0) is 13.7. The van der Waals surface area contributed by atoms with Crippen molar-refractivity contribution in [3.63, 3.8) is 0 Å². The minimum absolute atomic E-state index is 0.0805. The quantitative estimate of drug-likeness (QED) is 0.658. The van der Waals surface area contributed by atoms with Crippen LogP contribution in [0, 0.1) is 12.3 Å². The molecule has 1 aliphatic carbocycles. The van der Waals surface area contributed by atoms with E-state index in [2.05, 4.69) is 5.32 Å². The fourth-order valence-corrected chi connectivity index (χ4v) is 2.03. The monoisotopic (exact) mass is 265 g/mol. The van der Waals surface area contributed by atoms with E-state index in [1.807, 2.05) is 31.2 Å². The van der Waals surface area contributed by atoms with E-state index in [1.165, 1.54) is 0 Å². The fraction of sp³-hybridized carbons (Fsp3) is 0.600. The van der Waals surface area contributed by atoms with Crippen molar-refractivity contribution in [3.05, 3.63) is 29.8 Å². The van der Waals surface area contributed by atoms with Crippen LogP contribution < -0.4 is 10.1 Å². The lowest BCUT2D eigenvalue weighted by Crippen LogP contribution is -2.35. The van der Waals surface area contributed by atoms with Crippen LogP contribution in [0.25, 0.3) is 0 Å². The van der Waals surface area contributed by atoms with Crippen molar-refractivity contribution in [2.45, 2.75) is 25.9 Å². The lowest BCUT2D eigenvalue weighted by atomic mass is 10.1. The molecule has 0 spiro atoms. The summed E-state index contributed by atoms with van der Waals surface area (Å²) in [5.41, 5.74) is 1.22. The Labute approximate surface area is 114 Å². The van der Waals surface area contributed by atoms with E-state index in [0.717, 1.165) is 30.7 Å². The third-order valence-corrected chi connectivity index (χ3v) is 3.60. The minimum Gasteiger partial charge on any atom is -0.491 e. The van der Waals surface area contributed by atoms with Crippen LogP contribution >= 0.6 is 0 Å². The average Bonchev–Trinajstić information content (AvgIpc) is 3.17. The molecule has 3 N–H and O–H groups in total. The predicted octanol–water partition coefficient (Wildman–Crippen LogP) is 1.10. The van der Waals surface area contributed by atoms with Crippen molar-refractivity contribution < 1.29 is 14.9 Å². The van der Waals surface area contributed by atoms with Crippen molar-refractivity contribution in [3.8, 4) is 5.75 Å². The minimum atomic E-state index is -0.532. The van der Waals surface area contributed by atoms with E-state index >= 15 is 0 Å². The largest absolute Gasteiger partial charge is 0.491 e. The van der Waals surface area contributed by atoms with Crippen LogP contribution in [-0.4, -0.2) is 42.6 Å². The molecule has 0 radical (unpaired) electrons. The summed E-state index contributed by atoms with van der Waals surface area (Å²) in [6, 6.07) is 7.78.